The van der Waals surface area contributed by atoms with E-state index in [-0.39, 0.29) is 10.0 Å². The zero-order valence-corrected chi connectivity index (χ0v) is 13.5. The van der Waals surface area contributed by atoms with E-state index < -0.39 is 10.0 Å². The summed E-state index contributed by atoms with van der Waals surface area (Å²) >= 11 is 1.22. The van der Waals surface area contributed by atoms with Crippen LogP contribution in [0, 0.1) is 6.92 Å². The Hall–Kier alpha value is -1.51. The molecule has 21 heavy (non-hydrogen) atoms. The third-order valence-electron chi connectivity index (χ3n) is 2.68. The molecular formula is C13H17N3O3S2. The van der Waals surface area contributed by atoms with Gasteiger partial charge in [-0.15, -0.1) is 10.2 Å². The van der Waals surface area contributed by atoms with Gasteiger partial charge in [-0.2, -0.15) is 0 Å². The third-order valence-corrected chi connectivity index (χ3v) is 5.07. The van der Waals surface area contributed by atoms with Crippen LogP contribution < -0.4 is 4.72 Å². The van der Waals surface area contributed by atoms with Crippen LogP contribution in [0.4, 0.5) is 5.13 Å². The molecule has 0 aliphatic carbocycles. The molecule has 0 fully saturated rings. The van der Waals surface area contributed by atoms with Crippen LogP contribution in [0.1, 0.15) is 17.5 Å². The lowest BCUT2D eigenvalue weighted by atomic mass is 10.2. The Balaban J connectivity index is 2.05. The molecule has 0 radical (unpaired) electrons. The first-order chi connectivity index (χ1) is 10.0. The zero-order chi connectivity index (χ0) is 15.3. The van der Waals surface area contributed by atoms with Crippen molar-refractivity contribution in [3.63, 3.8) is 0 Å². The number of aryl methyl sites for hydroxylation is 1. The zero-order valence-electron chi connectivity index (χ0n) is 11.9. The Labute approximate surface area is 128 Å². The van der Waals surface area contributed by atoms with Gasteiger partial charge in [0.05, 0.1) is 11.5 Å². The number of hydrogen-bond acceptors (Lipinski definition) is 6. The highest BCUT2D eigenvalue weighted by Gasteiger charge is 2.16. The summed E-state index contributed by atoms with van der Waals surface area (Å²) < 4.78 is 32.0. The van der Waals surface area contributed by atoms with Crippen molar-refractivity contribution in [2.24, 2.45) is 0 Å². The van der Waals surface area contributed by atoms with Crippen molar-refractivity contribution in [1.82, 2.24) is 10.2 Å². The first-order valence-electron chi connectivity index (χ1n) is 6.51. The van der Waals surface area contributed by atoms with Crippen molar-refractivity contribution in [2.75, 3.05) is 17.9 Å². The molecule has 1 aromatic carbocycles. The molecular weight excluding hydrogens is 310 g/mol. The van der Waals surface area contributed by atoms with Gasteiger partial charge < -0.3 is 4.74 Å². The van der Waals surface area contributed by atoms with E-state index in [4.69, 9.17) is 4.74 Å². The van der Waals surface area contributed by atoms with Gasteiger partial charge in [0.2, 0.25) is 5.13 Å². The van der Waals surface area contributed by atoms with Crippen molar-refractivity contribution in [3.05, 3.63) is 34.8 Å². The average molecular weight is 327 g/mol. The molecule has 114 valence electrons. The second-order valence-electron chi connectivity index (χ2n) is 4.37. The fourth-order valence-electron chi connectivity index (χ4n) is 1.59. The molecule has 2 aromatic rings. The average Bonchev–Trinajstić information content (AvgIpc) is 2.86. The quantitative estimate of drug-likeness (QED) is 0.789. The van der Waals surface area contributed by atoms with Crippen LogP contribution in [0.25, 0.3) is 0 Å². The molecule has 0 aliphatic rings. The van der Waals surface area contributed by atoms with E-state index in [0.717, 1.165) is 10.6 Å². The van der Waals surface area contributed by atoms with Crippen LogP contribution in [0.15, 0.2) is 29.2 Å². The van der Waals surface area contributed by atoms with Gasteiger partial charge in [0.1, 0.15) is 5.01 Å². The molecule has 1 aromatic heterocycles. The molecule has 1 heterocycles. The van der Waals surface area contributed by atoms with Gasteiger partial charge >= 0.3 is 0 Å². The molecule has 0 atom stereocenters. The summed E-state index contributed by atoms with van der Waals surface area (Å²) in [6.07, 6.45) is 0.623. The Bertz CT molecular complexity index is 681. The lowest BCUT2D eigenvalue weighted by Gasteiger charge is -2.04. The molecule has 0 bridgehead atoms. The van der Waals surface area contributed by atoms with Gasteiger partial charge in [-0.25, -0.2) is 8.42 Å². The topological polar surface area (TPSA) is 81.2 Å². The van der Waals surface area contributed by atoms with Gasteiger partial charge in [0.25, 0.3) is 10.0 Å². The summed E-state index contributed by atoms with van der Waals surface area (Å²) in [6.45, 7) is 5.02. The number of anilines is 1. The number of aromatic nitrogens is 2. The van der Waals surface area contributed by atoms with E-state index in [1.54, 1.807) is 24.3 Å². The lowest BCUT2D eigenvalue weighted by Crippen LogP contribution is -2.12. The monoisotopic (exact) mass is 327 g/mol. The first-order valence-corrected chi connectivity index (χ1v) is 8.81. The minimum Gasteiger partial charge on any atom is -0.381 e. The van der Waals surface area contributed by atoms with Crippen LogP contribution in [-0.4, -0.2) is 31.8 Å². The maximum Gasteiger partial charge on any atom is 0.263 e. The van der Waals surface area contributed by atoms with E-state index >= 15 is 0 Å². The Morgan fingerprint density at radius 2 is 1.95 bits per heavy atom. The molecule has 1 N–H and O–H groups in total. The molecule has 6 nitrogen and oxygen atoms in total. The van der Waals surface area contributed by atoms with Crippen molar-refractivity contribution >= 4 is 26.5 Å². The Kier molecular flexibility index (Phi) is 5.27. The van der Waals surface area contributed by atoms with Crippen molar-refractivity contribution in [1.29, 1.82) is 0 Å². The number of nitrogens with one attached hydrogen (secondary N) is 1. The largest absolute Gasteiger partial charge is 0.381 e. The standard InChI is InChI=1S/C13H17N3O3S2/c1-3-19-9-8-12-14-15-13(20-12)16-21(17,18)11-6-4-10(2)5-7-11/h4-7H,3,8-9H2,1-2H3,(H,15,16). The van der Waals surface area contributed by atoms with E-state index in [9.17, 15) is 8.42 Å². The lowest BCUT2D eigenvalue weighted by molar-refractivity contribution is 0.150. The number of nitrogens with zero attached hydrogens (tertiary/aromatic N) is 2. The van der Waals surface area contributed by atoms with Crippen LogP contribution in [0.5, 0.6) is 0 Å². The normalized spacial score (nSPS) is 11.5. The highest BCUT2D eigenvalue weighted by atomic mass is 32.2. The maximum atomic E-state index is 12.2. The van der Waals surface area contributed by atoms with E-state index in [1.165, 1.54) is 11.3 Å². The molecule has 0 saturated carbocycles. The number of benzene rings is 1. The smallest absolute Gasteiger partial charge is 0.263 e. The second-order valence-corrected chi connectivity index (χ2v) is 7.11. The number of hydrogen-bond donors (Lipinski definition) is 1. The summed E-state index contributed by atoms with van der Waals surface area (Å²) in [5, 5.41) is 8.79. The Morgan fingerprint density at radius 3 is 2.62 bits per heavy atom. The van der Waals surface area contributed by atoms with Crippen LogP contribution in [-0.2, 0) is 21.2 Å². The number of ether oxygens (including phenoxy) is 1. The van der Waals surface area contributed by atoms with Gasteiger partial charge in [-0.1, -0.05) is 29.0 Å². The van der Waals surface area contributed by atoms with Gasteiger partial charge in [-0.3, -0.25) is 4.72 Å². The SMILES string of the molecule is CCOCCc1nnc(NS(=O)(=O)c2ccc(C)cc2)s1. The van der Waals surface area contributed by atoms with Crippen molar-refractivity contribution in [3.8, 4) is 0 Å². The molecule has 0 amide bonds. The molecule has 8 heteroatoms. The highest BCUT2D eigenvalue weighted by molar-refractivity contribution is 7.93. The van der Waals surface area contributed by atoms with E-state index in [2.05, 4.69) is 14.9 Å². The molecule has 0 spiro atoms. The van der Waals surface area contributed by atoms with Crippen molar-refractivity contribution < 1.29 is 13.2 Å². The minimum atomic E-state index is -3.62. The fraction of sp³-hybridized carbons (Fsp3) is 0.385. The highest BCUT2D eigenvalue weighted by Crippen LogP contribution is 2.20. The summed E-state index contributed by atoms with van der Waals surface area (Å²) in [5.74, 6) is 0. The predicted octanol–water partition coefficient (Wildman–Crippen LogP) is 2.23. The molecule has 0 saturated heterocycles. The summed E-state index contributed by atoms with van der Waals surface area (Å²) in [6, 6.07) is 6.63. The summed E-state index contributed by atoms with van der Waals surface area (Å²) in [5.41, 5.74) is 1.00. The summed E-state index contributed by atoms with van der Waals surface area (Å²) in [7, 11) is -3.62. The molecule has 0 aliphatic heterocycles. The number of sulfonamides is 1. The second kappa shape index (κ2) is 6.97. The van der Waals surface area contributed by atoms with Gasteiger partial charge in [-0.05, 0) is 26.0 Å². The molecule has 0 unspecified atom stereocenters. The first kappa shape index (κ1) is 15.9. The molecule has 2 rings (SSSR count). The summed E-state index contributed by atoms with van der Waals surface area (Å²) in [4.78, 5) is 0.208. The Morgan fingerprint density at radius 1 is 1.24 bits per heavy atom. The van der Waals surface area contributed by atoms with Crippen molar-refractivity contribution in [2.45, 2.75) is 25.2 Å². The van der Waals surface area contributed by atoms with E-state index in [0.29, 0.717) is 19.6 Å². The van der Waals surface area contributed by atoms with Crippen LogP contribution >= 0.6 is 11.3 Å². The van der Waals surface area contributed by atoms with E-state index in [1.807, 2.05) is 13.8 Å². The number of rotatable bonds is 7. The third kappa shape index (κ3) is 4.48. The van der Waals surface area contributed by atoms with Gasteiger partial charge in [0.15, 0.2) is 0 Å². The fourth-order valence-corrected chi connectivity index (χ4v) is 3.54. The predicted molar refractivity (Wildman–Crippen MR) is 82.1 cm³/mol. The van der Waals surface area contributed by atoms with Crippen LogP contribution in [0.2, 0.25) is 0 Å². The van der Waals surface area contributed by atoms with Crippen LogP contribution in [0.3, 0.4) is 0 Å². The minimum absolute atomic E-state index is 0.208. The van der Waals surface area contributed by atoms with Gasteiger partial charge in [0, 0.05) is 13.0 Å². The maximum absolute atomic E-state index is 12.2.